The van der Waals surface area contributed by atoms with Crippen molar-refractivity contribution in [3.63, 3.8) is 0 Å². The first-order valence-corrected chi connectivity index (χ1v) is 12.2. The summed E-state index contributed by atoms with van der Waals surface area (Å²) in [5.41, 5.74) is 2.29. The maximum atomic E-state index is 14.0. The number of aromatic nitrogens is 4. The van der Waals surface area contributed by atoms with E-state index in [-0.39, 0.29) is 17.4 Å². The molecular weight excluding hydrogens is 515 g/mol. The molecule has 1 N–H and O–H groups in total. The van der Waals surface area contributed by atoms with Crippen LogP contribution in [-0.2, 0) is 7.05 Å². The van der Waals surface area contributed by atoms with E-state index >= 15 is 0 Å². The van der Waals surface area contributed by atoms with Gasteiger partial charge >= 0.3 is 11.2 Å². The van der Waals surface area contributed by atoms with Crippen LogP contribution in [0.1, 0.15) is 17.8 Å². The molecule has 0 spiro atoms. The molecule has 172 valence electrons. The van der Waals surface area contributed by atoms with Crippen LogP contribution in [0.15, 0.2) is 65.7 Å². The van der Waals surface area contributed by atoms with Gasteiger partial charge in [-0.25, -0.2) is 19.0 Å². The molecular formula is C24H18Cl3N4O2S+. The number of phenolic OH excluding ortho intramolecular Hbond substituents is 1. The van der Waals surface area contributed by atoms with Crippen molar-refractivity contribution in [3.05, 3.63) is 90.7 Å². The number of benzene rings is 2. The normalized spacial score (nSPS) is 12.4. The van der Waals surface area contributed by atoms with Crippen LogP contribution < -0.4 is 10.1 Å². The Kier molecular flexibility index (Phi) is 5.90. The van der Waals surface area contributed by atoms with E-state index < -0.39 is 0 Å². The third kappa shape index (κ3) is 3.79. The van der Waals surface area contributed by atoms with Gasteiger partial charge in [-0.3, -0.25) is 0 Å². The van der Waals surface area contributed by atoms with Gasteiger partial charge in [-0.15, -0.1) is 11.3 Å². The summed E-state index contributed by atoms with van der Waals surface area (Å²) >= 11 is 20.2. The van der Waals surface area contributed by atoms with Crippen molar-refractivity contribution in [1.29, 1.82) is 0 Å². The van der Waals surface area contributed by atoms with Crippen LogP contribution in [0.5, 0.6) is 5.75 Å². The SMILES string of the molecule is CC(c1cnc(Cl)s1)[n+]1c(-c2ccccc2O)c(-c2cc(Cl)cc(Cl)c2)c(=O)n2c1ccn2C. The molecule has 0 radical (unpaired) electrons. The molecule has 5 aromatic rings. The Morgan fingerprint density at radius 1 is 1.09 bits per heavy atom. The molecule has 0 aliphatic heterocycles. The van der Waals surface area contributed by atoms with E-state index in [2.05, 4.69) is 4.98 Å². The van der Waals surface area contributed by atoms with E-state index in [9.17, 15) is 9.90 Å². The first-order chi connectivity index (χ1) is 16.3. The van der Waals surface area contributed by atoms with Gasteiger partial charge in [0.05, 0.1) is 22.7 Å². The second-order valence-corrected chi connectivity index (χ2v) is 10.3. The topological polar surface area (TPSA) is 63.4 Å². The van der Waals surface area contributed by atoms with Gasteiger partial charge in [0.15, 0.2) is 10.2 Å². The Bertz CT molecular complexity index is 1600. The van der Waals surface area contributed by atoms with Crippen molar-refractivity contribution in [2.75, 3.05) is 0 Å². The fourth-order valence-electron chi connectivity index (χ4n) is 4.22. The molecule has 1 atom stereocenters. The number of para-hydroxylation sites is 1. The summed E-state index contributed by atoms with van der Waals surface area (Å²) in [5.74, 6) is 0.0415. The van der Waals surface area contributed by atoms with Gasteiger partial charge in [-0.05, 0) is 42.8 Å². The summed E-state index contributed by atoms with van der Waals surface area (Å²) < 4.78 is 5.72. The lowest BCUT2D eigenvalue weighted by Crippen LogP contribution is -2.46. The van der Waals surface area contributed by atoms with Crippen molar-refractivity contribution in [2.24, 2.45) is 7.05 Å². The highest BCUT2D eigenvalue weighted by Gasteiger charge is 2.33. The van der Waals surface area contributed by atoms with Crippen molar-refractivity contribution in [1.82, 2.24) is 14.2 Å². The molecule has 3 aromatic heterocycles. The van der Waals surface area contributed by atoms with E-state index in [1.165, 1.54) is 11.3 Å². The van der Waals surface area contributed by atoms with Gasteiger partial charge in [0.2, 0.25) is 0 Å². The fourth-order valence-corrected chi connectivity index (χ4v) is 5.74. The van der Waals surface area contributed by atoms with Crippen molar-refractivity contribution in [3.8, 4) is 28.1 Å². The molecule has 0 saturated heterocycles. The molecule has 0 aliphatic carbocycles. The van der Waals surface area contributed by atoms with Crippen LogP contribution in [0, 0.1) is 0 Å². The predicted molar refractivity (Wildman–Crippen MR) is 136 cm³/mol. The molecule has 2 aromatic carbocycles. The number of halogens is 3. The van der Waals surface area contributed by atoms with Crippen molar-refractivity contribution < 1.29 is 9.67 Å². The van der Waals surface area contributed by atoms with E-state index in [0.29, 0.717) is 42.5 Å². The molecule has 34 heavy (non-hydrogen) atoms. The summed E-state index contributed by atoms with van der Waals surface area (Å²) in [7, 11) is 1.79. The lowest BCUT2D eigenvalue weighted by molar-refractivity contribution is -0.677. The Morgan fingerprint density at radius 2 is 1.79 bits per heavy atom. The number of hydrogen-bond acceptors (Lipinski definition) is 4. The maximum absolute atomic E-state index is 14.0. The average Bonchev–Trinajstić information content (AvgIpc) is 3.39. The Morgan fingerprint density at radius 3 is 2.44 bits per heavy atom. The molecule has 10 heteroatoms. The number of nitrogens with zero attached hydrogens (tertiary/aromatic N) is 4. The molecule has 0 aliphatic rings. The number of aromatic hydroxyl groups is 1. The highest BCUT2D eigenvalue weighted by molar-refractivity contribution is 7.15. The second kappa shape index (κ2) is 8.74. The minimum atomic E-state index is -0.273. The Labute approximate surface area is 213 Å². The first kappa shape index (κ1) is 22.9. The van der Waals surface area contributed by atoms with Crippen LogP contribution >= 0.6 is 46.1 Å². The standard InChI is InChI=1S/C24H17Cl3N4O2S/c1-13(19-12-28-24(27)34-19)30-20-7-8-29(2)31(20)23(33)21(14-9-15(25)11-16(26)10-14)22(30)17-5-3-4-6-18(17)32/h3-13H,1-2H3/p+1. The molecule has 0 bridgehead atoms. The molecule has 0 amide bonds. The van der Waals surface area contributed by atoms with Crippen molar-refractivity contribution >= 4 is 51.8 Å². The Balaban J connectivity index is 2.01. The molecule has 0 fully saturated rings. The summed E-state index contributed by atoms with van der Waals surface area (Å²) in [6.07, 6.45) is 3.53. The number of thiazole rings is 1. The van der Waals surface area contributed by atoms with Crippen LogP contribution in [-0.4, -0.2) is 19.3 Å². The summed E-state index contributed by atoms with van der Waals surface area (Å²) in [5, 5.41) is 11.7. The van der Waals surface area contributed by atoms with Gasteiger partial charge in [0.25, 0.3) is 0 Å². The molecule has 6 nitrogen and oxygen atoms in total. The summed E-state index contributed by atoms with van der Waals surface area (Å²) in [6.45, 7) is 2.00. The number of hydrogen-bond donors (Lipinski definition) is 1. The predicted octanol–water partition coefficient (Wildman–Crippen LogP) is 5.99. The number of rotatable bonds is 4. The zero-order valence-electron chi connectivity index (χ0n) is 18.0. The van der Waals surface area contributed by atoms with Crippen LogP contribution in [0.2, 0.25) is 14.5 Å². The second-order valence-electron chi connectivity index (χ2n) is 7.83. The molecule has 0 saturated carbocycles. The van der Waals surface area contributed by atoms with E-state index in [4.69, 9.17) is 34.8 Å². The van der Waals surface area contributed by atoms with Crippen molar-refractivity contribution in [2.45, 2.75) is 13.0 Å². The largest absolute Gasteiger partial charge is 0.507 e. The zero-order valence-corrected chi connectivity index (χ0v) is 21.1. The maximum Gasteiger partial charge on any atom is 0.369 e. The van der Waals surface area contributed by atoms with E-state index in [0.717, 1.165) is 4.88 Å². The summed E-state index contributed by atoms with van der Waals surface area (Å²) in [4.78, 5) is 19.1. The highest BCUT2D eigenvalue weighted by Crippen LogP contribution is 2.37. The average molecular weight is 533 g/mol. The third-order valence-electron chi connectivity index (χ3n) is 5.71. The molecule has 1 unspecified atom stereocenters. The summed E-state index contributed by atoms with van der Waals surface area (Å²) in [6, 6.07) is 13.5. The van der Waals surface area contributed by atoms with Crippen LogP contribution in [0.25, 0.3) is 28.0 Å². The smallest absolute Gasteiger partial charge is 0.369 e. The number of phenols is 1. The van der Waals surface area contributed by atoms with Gasteiger partial charge in [-0.1, -0.05) is 51.5 Å². The van der Waals surface area contributed by atoms with E-state index in [1.807, 2.05) is 29.8 Å². The lowest BCUT2D eigenvalue weighted by atomic mass is 9.98. The third-order valence-corrected chi connectivity index (χ3v) is 7.43. The Hall–Kier alpha value is -2.84. The quantitative estimate of drug-likeness (QED) is 0.289. The first-order valence-electron chi connectivity index (χ1n) is 10.3. The lowest BCUT2D eigenvalue weighted by Gasteiger charge is -2.18. The van der Waals surface area contributed by atoms with E-state index in [1.54, 1.807) is 58.8 Å². The molecule has 3 heterocycles. The van der Waals surface area contributed by atoms with Gasteiger partial charge in [-0.2, -0.15) is 0 Å². The van der Waals surface area contributed by atoms with Crippen LogP contribution in [0.4, 0.5) is 0 Å². The highest BCUT2D eigenvalue weighted by atomic mass is 35.5. The van der Waals surface area contributed by atoms with Crippen LogP contribution in [0.3, 0.4) is 0 Å². The fraction of sp³-hybridized carbons (Fsp3) is 0.125. The minimum Gasteiger partial charge on any atom is -0.507 e. The monoisotopic (exact) mass is 531 g/mol. The molecule has 5 rings (SSSR count). The minimum absolute atomic E-state index is 0.0415. The number of aryl methyl sites for hydroxylation is 1. The number of fused-ring (bicyclic) bond motifs is 1. The van der Waals surface area contributed by atoms with Gasteiger partial charge < -0.3 is 5.11 Å². The van der Waals surface area contributed by atoms with Gasteiger partial charge in [0, 0.05) is 23.3 Å². The zero-order chi connectivity index (χ0) is 24.1. The van der Waals surface area contributed by atoms with Gasteiger partial charge in [0.1, 0.15) is 17.4 Å².